The van der Waals surface area contributed by atoms with E-state index in [4.69, 9.17) is 0 Å². The summed E-state index contributed by atoms with van der Waals surface area (Å²) in [7, 11) is 1.49. The molecular weight excluding hydrogens is 217 g/mol. The monoisotopic (exact) mass is 225 g/mol. The predicted octanol–water partition coefficient (Wildman–Crippen LogP) is 1.19. The molecule has 78 valence electrons. The molecule has 0 aliphatic heterocycles. The van der Waals surface area contributed by atoms with Gasteiger partial charge in [-0.25, -0.2) is 14.4 Å². The second-order valence-corrected chi connectivity index (χ2v) is 3.77. The van der Waals surface area contributed by atoms with Crippen LogP contribution >= 0.6 is 11.8 Å². The highest BCUT2D eigenvalue weighted by molar-refractivity contribution is 7.98. The Bertz CT molecular complexity index is 581. The number of halogens is 1. The molecule has 0 aromatic carbocycles. The molecule has 0 radical (unpaired) electrons. The van der Waals surface area contributed by atoms with Gasteiger partial charge in [-0.05, 0) is 12.3 Å². The lowest BCUT2D eigenvalue weighted by Crippen LogP contribution is -2.21. The van der Waals surface area contributed by atoms with Crippen molar-refractivity contribution < 1.29 is 4.39 Å². The van der Waals surface area contributed by atoms with E-state index >= 15 is 0 Å². The Morgan fingerprint density at radius 3 is 2.93 bits per heavy atom. The third-order valence-electron chi connectivity index (χ3n) is 2.07. The molecule has 0 N–H and O–H groups in total. The second kappa shape index (κ2) is 3.62. The summed E-state index contributed by atoms with van der Waals surface area (Å²) in [5.41, 5.74) is -0.228. The SMILES string of the molecule is CSc1ncc2cc(F)c(=O)n(C)c2n1. The van der Waals surface area contributed by atoms with E-state index in [0.29, 0.717) is 16.2 Å². The number of aromatic nitrogens is 3. The van der Waals surface area contributed by atoms with Crippen molar-refractivity contribution in [1.29, 1.82) is 0 Å². The van der Waals surface area contributed by atoms with E-state index in [2.05, 4.69) is 9.97 Å². The Balaban J connectivity index is 2.88. The fourth-order valence-electron chi connectivity index (χ4n) is 1.29. The summed E-state index contributed by atoms with van der Waals surface area (Å²) in [6.07, 6.45) is 3.35. The lowest BCUT2D eigenvalue weighted by Gasteiger charge is -2.04. The molecule has 0 bridgehead atoms. The minimum Gasteiger partial charge on any atom is -0.293 e. The third kappa shape index (κ3) is 1.61. The van der Waals surface area contributed by atoms with Gasteiger partial charge in [-0.2, -0.15) is 0 Å². The number of fused-ring (bicyclic) bond motifs is 1. The Morgan fingerprint density at radius 1 is 1.53 bits per heavy atom. The van der Waals surface area contributed by atoms with E-state index in [1.165, 1.54) is 29.6 Å². The minimum absolute atomic E-state index is 0.445. The molecule has 15 heavy (non-hydrogen) atoms. The average Bonchev–Trinajstić information content (AvgIpc) is 2.26. The fourth-order valence-corrected chi connectivity index (χ4v) is 1.63. The van der Waals surface area contributed by atoms with Crippen molar-refractivity contribution in [3.63, 3.8) is 0 Å². The Hall–Kier alpha value is -1.43. The van der Waals surface area contributed by atoms with Crippen LogP contribution in [0.5, 0.6) is 0 Å². The van der Waals surface area contributed by atoms with Crippen LogP contribution < -0.4 is 5.56 Å². The van der Waals surface area contributed by atoms with E-state index in [9.17, 15) is 9.18 Å². The molecule has 0 unspecified atom stereocenters. The van der Waals surface area contributed by atoms with Crippen LogP contribution in [0.3, 0.4) is 0 Å². The van der Waals surface area contributed by atoms with Crippen LogP contribution in [0.1, 0.15) is 0 Å². The van der Waals surface area contributed by atoms with Gasteiger partial charge in [-0.3, -0.25) is 9.36 Å². The predicted molar refractivity (Wildman–Crippen MR) is 56.5 cm³/mol. The van der Waals surface area contributed by atoms with Crippen LogP contribution in [0.15, 0.2) is 22.2 Å². The molecule has 0 fully saturated rings. The van der Waals surface area contributed by atoms with Gasteiger partial charge in [0.05, 0.1) is 0 Å². The molecule has 0 aliphatic rings. The van der Waals surface area contributed by atoms with Gasteiger partial charge < -0.3 is 0 Å². The number of thioether (sulfide) groups is 1. The maximum atomic E-state index is 13.1. The average molecular weight is 225 g/mol. The van der Waals surface area contributed by atoms with E-state index in [1.54, 1.807) is 0 Å². The van der Waals surface area contributed by atoms with Gasteiger partial charge in [0.1, 0.15) is 5.65 Å². The molecule has 4 nitrogen and oxygen atoms in total. The molecule has 0 amide bonds. The summed E-state index contributed by atoms with van der Waals surface area (Å²) >= 11 is 1.37. The van der Waals surface area contributed by atoms with Crippen molar-refractivity contribution in [1.82, 2.24) is 14.5 Å². The van der Waals surface area contributed by atoms with Gasteiger partial charge in [0.15, 0.2) is 11.0 Å². The largest absolute Gasteiger partial charge is 0.293 e. The fraction of sp³-hybridized carbons (Fsp3) is 0.222. The number of pyridine rings is 1. The van der Waals surface area contributed by atoms with E-state index in [1.807, 2.05) is 6.26 Å². The molecule has 2 rings (SSSR count). The highest BCUT2D eigenvalue weighted by atomic mass is 32.2. The standard InChI is InChI=1S/C9H8FN3OS/c1-13-7-5(3-6(10)8(13)14)4-11-9(12-7)15-2/h3-4H,1-2H3. The van der Waals surface area contributed by atoms with Gasteiger partial charge in [0.25, 0.3) is 5.56 Å². The number of aryl methyl sites for hydroxylation is 1. The molecule has 0 atom stereocenters. The van der Waals surface area contributed by atoms with Crippen molar-refractivity contribution in [2.24, 2.45) is 7.05 Å². The number of nitrogens with zero attached hydrogens (tertiary/aromatic N) is 3. The number of hydrogen-bond donors (Lipinski definition) is 0. The normalized spacial score (nSPS) is 10.9. The van der Waals surface area contributed by atoms with Crippen LogP contribution in [-0.4, -0.2) is 20.8 Å². The summed E-state index contributed by atoms with van der Waals surface area (Å²) in [4.78, 5) is 19.5. The quantitative estimate of drug-likeness (QED) is 0.540. The van der Waals surface area contributed by atoms with E-state index in [0.717, 1.165) is 6.07 Å². The first-order valence-electron chi connectivity index (χ1n) is 4.19. The molecule has 0 aliphatic carbocycles. The zero-order valence-electron chi connectivity index (χ0n) is 8.19. The lowest BCUT2D eigenvalue weighted by molar-refractivity contribution is 0.595. The lowest BCUT2D eigenvalue weighted by atomic mass is 10.3. The molecule has 2 aromatic heterocycles. The van der Waals surface area contributed by atoms with Gasteiger partial charge in [0, 0.05) is 18.6 Å². The van der Waals surface area contributed by atoms with Crippen molar-refractivity contribution >= 4 is 22.8 Å². The van der Waals surface area contributed by atoms with Crippen LogP contribution in [0.2, 0.25) is 0 Å². The first kappa shape index (κ1) is 10.1. The molecule has 0 saturated heterocycles. The topological polar surface area (TPSA) is 47.8 Å². The first-order valence-corrected chi connectivity index (χ1v) is 5.42. The summed E-state index contributed by atoms with van der Waals surface area (Å²) in [6.45, 7) is 0. The molecular formula is C9H8FN3OS. The number of rotatable bonds is 1. The maximum Gasteiger partial charge on any atom is 0.287 e. The summed E-state index contributed by atoms with van der Waals surface area (Å²) in [5.74, 6) is -0.787. The van der Waals surface area contributed by atoms with Crippen LogP contribution in [0.25, 0.3) is 11.0 Å². The highest BCUT2D eigenvalue weighted by Crippen LogP contribution is 2.13. The van der Waals surface area contributed by atoms with Crippen molar-refractivity contribution in [3.8, 4) is 0 Å². The van der Waals surface area contributed by atoms with Gasteiger partial charge in [-0.15, -0.1) is 0 Å². The smallest absolute Gasteiger partial charge is 0.287 e. The molecule has 0 spiro atoms. The van der Waals surface area contributed by atoms with Crippen LogP contribution in [0.4, 0.5) is 4.39 Å². The van der Waals surface area contributed by atoms with E-state index in [-0.39, 0.29) is 0 Å². The van der Waals surface area contributed by atoms with Gasteiger partial charge >= 0.3 is 0 Å². The third-order valence-corrected chi connectivity index (χ3v) is 2.63. The molecule has 2 heterocycles. The van der Waals surface area contributed by atoms with Gasteiger partial charge in [-0.1, -0.05) is 11.8 Å². The Kier molecular flexibility index (Phi) is 2.44. The Morgan fingerprint density at radius 2 is 2.27 bits per heavy atom. The van der Waals surface area contributed by atoms with Crippen LogP contribution in [-0.2, 0) is 7.05 Å². The first-order chi connectivity index (χ1) is 7.13. The van der Waals surface area contributed by atoms with Crippen molar-refractivity contribution in [3.05, 3.63) is 28.4 Å². The number of hydrogen-bond acceptors (Lipinski definition) is 4. The maximum absolute atomic E-state index is 13.1. The summed E-state index contributed by atoms with van der Waals surface area (Å²) in [5, 5.41) is 1.08. The zero-order chi connectivity index (χ0) is 11.0. The van der Waals surface area contributed by atoms with Crippen LogP contribution in [0, 0.1) is 5.82 Å². The summed E-state index contributed by atoms with van der Waals surface area (Å²) in [6, 6.07) is 1.15. The van der Waals surface area contributed by atoms with Crippen molar-refractivity contribution in [2.45, 2.75) is 5.16 Å². The minimum atomic E-state index is -0.787. The van der Waals surface area contributed by atoms with E-state index < -0.39 is 11.4 Å². The molecule has 0 saturated carbocycles. The second-order valence-electron chi connectivity index (χ2n) is 2.99. The Labute approximate surface area is 89.2 Å². The molecule has 2 aromatic rings. The zero-order valence-corrected chi connectivity index (χ0v) is 9.01. The highest BCUT2D eigenvalue weighted by Gasteiger charge is 2.08. The molecule has 6 heteroatoms. The summed E-state index contributed by atoms with van der Waals surface area (Å²) < 4.78 is 14.3. The van der Waals surface area contributed by atoms with Gasteiger partial charge in [0.2, 0.25) is 0 Å². The van der Waals surface area contributed by atoms with Crippen molar-refractivity contribution in [2.75, 3.05) is 6.26 Å².